The highest BCUT2D eigenvalue weighted by molar-refractivity contribution is 5.75. The fourth-order valence-corrected chi connectivity index (χ4v) is 3.96. The highest BCUT2D eigenvalue weighted by Crippen LogP contribution is 2.14. The molecule has 0 aliphatic carbocycles. The topological polar surface area (TPSA) is 134 Å². The first-order valence-corrected chi connectivity index (χ1v) is 14.1. The number of hydrogen-bond acceptors (Lipinski definition) is 7. The lowest BCUT2D eigenvalue weighted by atomic mass is 10.0. The van der Waals surface area contributed by atoms with E-state index in [0.717, 1.165) is 37.8 Å². The van der Waals surface area contributed by atoms with Crippen LogP contribution < -0.4 is 10.6 Å². The van der Waals surface area contributed by atoms with Crippen molar-refractivity contribution in [3.63, 3.8) is 0 Å². The van der Waals surface area contributed by atoms with Crippen LogP contribution in [0, 0.1) is 0 Å². The second kappa shape index (κ2) is 27.1. The zero-order valence-corrected chi connectivity index (χ0v) is 22.9. The Morgan fingerprint density at radius 1 is 0.784 bits per heavy atom. The van der Waals surface area contributed by atoms with Crippen molar-refractivity contribution in [2.24, 2.45) is 0 Å². The second-order valence-electron chi connectivity index (χ2n) is 9.51. The van der Waals surface area contributed by atoms with Gasteiger partial charge in [-0.15, -0.1) is 0 Å². The number of nitrogens with one attached hydrogen (secondary N) is 2. The van der Waals surface area contributed by atoms with Gasteiger partial charge in [0.2, 0.25) is 5.91 Å². The summed E-state index contributed by atoms with van der Waals surface area (Å²) in [5, 5.41) is 24.3. The molecule has 0 aromatic carbocycles. The van der Waals surface area contributed by atoms with Crippen LogP contribution in [0.4, 0.5) is 0 Å². The van der Waals surface area contributed by atoms with E-state index < -0.39 is 5.97 Å². The van der Waals surface area contributed by atoms with Gasteiger partial charge in [-0.25, -0.2) is 0 Å². The summed E-state index contributed by atoms with van der Waals surface area (Å²) in [7, 11) is 0. The minimum atomic E-state index is -0.692. The van der Waals surface area contributed by atoms with E-state index in [-0.39, 0.29) is 25.2 Å². The first-order valence-electron chi connectivity index (χ1n) is 14.1. The zero-order chi connectivity index (χ0) is 27.4. The quantitative estimate of drug-likeness (QED) is 0.0841. The standard InChI is InChI=1S/C28H52N2O7/c1-25(14-12-10-8-6-4-2-3-5-7-9-11-13-15-28(34)35)30-26(24-32)16-17-27(33)29-18-20-36-22-23-37-21-19-31/h19,26,30,32H,1-18,20-24H2,(H,29,33)(H,34,35)/t26-/m0/s1. The Hall–Kier alpha value is -1.97. The molecular formula is C28H52N2O7. The van der Waals surface area contributed by atoms with Crippen LogP contribution in [0.25, 0.3) is 0 Å². The van der Waals surface area contributed by atoms with Crippen LogP contribution in [0.5, 0.6) is 0 Å². The molecule has 9 heteroatoms. The molecule has 0 aliphatic rings. The van der Waals surface area contributed by atoms with E-state index in [1.54, 1.807) is 0 Å². The van der Waals surface area contributed by atoms with E-state index in [1.165, 1.54) is 51.4 Å². The molecular weight excluding hydrogens is 476 g/mol. The van der Waals surface area contributed by atoms with Crippen LogP contribution >= 0.6 is 0 Å². The molecule has 0 saturated heterocycles. The molecule has 0 spiro atoms. The number of allylic oxidation sites excluding steroid dienone is 1. The number of aliphatic hydroxyl groups excluding tert-OH is 1. The molecule has 37 heavy (non-hydrogen) atoms. The van der Waals surface area contributed by atoms with E-state index in [0.29, 0.717) is 51.9 Å². The third-order valence-electron chi connectivity index (χ3n) is 6.09. The van der Waals surface area contributed by atoms with Gasteiger partial charge in [-0.3, -0.25) is 9.59 Å². The molecule has 0 heterocycles. The third-order valence-corrected chi connectivity index (χ3v) is 6.09. The normalized spacial score (nSPS) is 11.7. The summed E-state index contributed by atoms with van der Waals surface area (Å²) in [5.74, 6) is -0.773. The lowest BCUT2D eigenvalue weighted by molar-refractivity contribution is -0.137. The molecule has 0 unspecified atom stereocenters. The minimum absolute atomic E-state index is 0.0431. The first kappa shape index (κ1) is 35.0. The van der Waals surface area contributed by atoms with Crippen molar-refractivity contribution in [2.75, 3.05) is 39.6 Å². The Morgan fingerprint density at radius 2 is 1.32 bits per heavy atom. The van der Waals surface area contributed by atoms with Crippen LogP contribution in [0.15, 0.2) is 12.3 Å². The summed E-state index contributed by atoms with van der Waals surface area (Å²) < 4.78 is 10.3. The highest BCUT2D eigenvalue weighted by atomic mass is 16.5. The Bertz CT molecular complexity index is 587. The number of aliphatic hydroxyl groups is 1. The predicted octanol–water partition coefficient (Wildman–Crippen LogP) is 4.13. The van der Waals surface area contributed by atoms with Gasteiger partial charge in [0.05, 0.1) is 26.4 Å². The van der Waals surface area contributed by atoms with Gasteiger partial charge in [0.1, 0.15) is 12.9 Å². The summed E-state index contributed by atoms with van der Waals surface area (Å²) in [5.41, 5.74) is 0.910. The molecule has 4 N–H and O–H groups in total. The van der Waals surface area contributed by atoms with Crippen LogP contribution in [-0.2, 0) is 23.9 Å². The van der Waals surface area contributed by atoms with E-state index in [2.05, 4.69) is 17.2 Å². The highest BCUT2D eigenvalue weighted by Gasteiger charge is 2.11. The van der Waals surface area contributed by atoms with Crippen LogP contribution in [0.1, 0.15) is 103 Å². The van der Waals surface area contributed by atoms with Crippen molar-refractivity contribution in [1.82, 2.24) is 10.6 Å². The number of carbonyl (C=O) groups is 3. The van der Waals surface area contributed by atoms with Gasteiger partial charge >= 0.3 is 5.97 Å². The monoisotopic (exact) mass is 528 g/mol. The minimum Gasteiger partial charge on any atom is -0.481 e. The number of amides is 1. The molecule has 0 radical (unpaired) electrons. The number of ether oxygens (including phenoxy) is 2. The molecule has 0 rings (SSSR count). The van der Waals surface area contributed by atoms with E-state index in [9.17, 15) is 19.5 Å². The Balaban J connectivity index is 3.55. The number of aldehydes is 1. The molecule has 216 valence electrons. The summed E-state index contributed by atoms with van der Waals surface area (Å²) in [4.78, 5) is 32.5. The number of aliphatic carboxylic acids is 1. The van der Waals surface area contributed by atoms with Crippen molar-refractivity contribution in [2.45, 2.75) is 109 Å². The van der Waals surface area contributed by atoms with E-state index in [4.69, 9.17) is 14.6 Å². The van der Waals surface area contributed by atoms with Gasteiger partial charge in [-0.1, -0.05) is 70.8 Å². The lowest BCUT2D eigenvalue weighted by Crippen LogP contribution is -2.34. The molecule has 0 aliphatic heterocycles. The largest absolute Gasteiger partial charge is 0.481 e. The first-order chi connectivity index (χ1) is 18.0. The van der Waals surface area contributed by atoms with Gasteiger partial charge in [-0.2, -0.15) is 0 Å². The molecule has 1 amide bonds. The third kappa shape index (κ3) is 26.9. The van der Waals surface area contributed by atoms with Crippen LogP contribution in [-0.4, -0.2) is 74.0 Å². The summed E-state index contributed by atoms with van der Waals surface area (Å²) in [6.07, 6.45) is 16.7. The molecule has 0 bridgehead atoms. The number of carbonyl (C=O) groups excluding carboxylic acids is 2. The molecule has 9 nitrogen and oxygen atoms in total. The van der Waals surface area contributed by atoms with Crippen LogP contribution in [0.3, 0.4) is 0 Å². The van der Waals surface area contributed by atoms with Crippen LogP contribution in [0.2, 0.25) is 0 Å². The zero-order valence-electron chi connectivity index (χ0n) is 22.9. The Kier molecular flexibility index (Phi) is 25.6. The van der Waals surface area contributed by atoms with E-state index >= 15 is 0 Å². The Morgan fingerprint density at radius 3 is 1.86 bits per heavy atom. The number of unbranched alkanes of at least 4 members (excludes halogenated alkanes) is 11. The van der Waals surface area contributed by atoms with Gasteiger partial charge in [-0.05, 0) is 25.7 Å². The van der Waals surface area contributed by atoms with Gasteiger partial charge in [0.15, 0.2) is 0 Å². The number of carboxylic acids is 1. The van der Waals surface area contributed by atoms with Gasteiger partial charge in [0.25, 0.3) is 0 Å². The van der Waals surface area contributed by atoms with Crippen molar-refractivity contribution in [1.29, 1.82) is 0 Å². The number of carboxylic acid groups (broad SMARTS) is 1. The van der Waals surface area contributed by atoms with Gasteiger partial charge in [0, 0.05) is 31.1 Å². The number of rotatable bonds is 29. The fraction of sp³-hybridized carbons (Fsp3) is 0.821. The molecule has 1 atom stereocenters. The smallest absolute Gasteiger partial charge is 0.303 e. The maximum atomic E-state index is 12.0. The summed E-state index contributed by atoms with van der Waals surface area (Å²) in [6, 6.07) is -0.179. The van der Waals surface area contributed by atoms with Crippen molar-refractivity contribution >= 4 is 18.2 Å². The number of hydrogen-bond donors (Lipinski definition) is 4. The maximum absolute atomic E-state index is 12.0. The molecule has 0 aromatic rings. The molecule has 0 saturated carbocycles. The fourth-order valence-electron chi connectivity index (χ4n) is 3.96. The van der Waals surface area contributed by atoms with Crippen molar-refractivity contribution in [3.05, 3.63) is 12.3 Å². The van der Waals surface area contributed by atoms with Gasteiger partial charge < -0.3 is 35.1 Å². The summed E-state index contributed by atoms with van der Waals surface area (Å²) in [6.45, 7) is 5.61. The average molecular weight is 529 g/mol. The summed E-state index contributed by atoms with van der Waals surface area (Å²) >= 11 is 0. The molecule has 0 fully saturated rings. The SMILES string of the molecule is C=C(CCCCCCCCCCCCCCC(=O)O)N[C@H](CO)CCC(=O)NCCOCCOCC=O. The second-order valence-corrected chi connectivity index (χ2v) is 9.51. The average Bonchev–Trinajstić information content (AvgIpc) is 2.88. The van der Waals surface area contributed by atoms with E-state index in [1.807, 2.05) is 0 Å². The lowest BCUT2D eigenvalue weighted by Gasteiger charge is -2.19. The maximum Gasteiger partial charge on any atom is 0.303 e. The predicted molar refractivity (Wildman–Crippen MR) is 145 cm³/mol. The van der Waals surface area contributed by atoms with Crippen molar-refractivity contribution < 1.29 is 34.1 Å². The Labute approximate surface area is 223 Å². The van der Waals surface area contributed by atoms with Crippen molar-refractivity contribution in [3.8, 4) is 0 Å². The molecule has 0 aromatic heterocycles.